The minimum absolute atomic E-state index is 0.287. The molecule has 0 bridgehead atoms. The van der Waals surface area contributed by atoms with Gasteiger partial charge in [0, 0.05) is 31.3 Å². The van der Waals surface area contributed by atoms with Gasteiger partial charge in [-0.2, -0.15) is 0 Å². The minimum atomic E-state index is -1.16. The highest BCUT2D eigenvalue weighted by Crippen LogP contribution is 2.29. The average molecular weight is 549 g/mol. The van der Waals surface area contributed by atoms with Crippen LogP contribution in [-0.4, -0.2) is 61.1 Å². The number of carbonyl (C=O) groups excluding carboxylic acids is 4. The number of nitrogens with one attached hydrogen (secondary N) is 1. The van der Waals surface area contributed by atoms with Crippen LogP contribution in [0.5, 0.6) is 5.75 Å². The molecular formula is C20H24INO9. The van der Waals surface area contributed by atoms with E-state index in [9.17, 15) is 19.2 Å². The molecule has 1 aliphatic heterocycles. The number of rotatable bonds is 7. The number of carbonyl (C=O) groups is 4. The normalized spacial score (nSPS) is 25.1. The van der Waals surface area contributed by atoms with Gasteiger partial charge in [-0.25, -0.2) is 0 Å². The SMILES string of the molecule is CC(=O)NC1C(Oc2ccc(I)cc2)OC(COC(C)=O)C(OC(C)=O)C1OC(C)=O. The van der Waals surface area contributed by atoms with Crippen molar-refractivity contribution in [3.8, 4) is 5.75 Å². The van der Waals surface area contributed by atoms with Gasteiger partial charge in [0.05, 0.1) is 0 Å². The van der Waals surface area contributed by atoms with Crippen molar-refractivity contribution in [2.24, 2.45) is 0 Å². The summed E-state index contributed by atoms with van der Waals surface area (Å²) < 4.78 is 28.6. The third-order valence-corrected chi connectivity index (χ3v) is 4.86. The van der Waals surface area contributed by atoms with E-state index in [0.29, 0.717) is 5.75 Å². The smallest absolute Gasteiger partial charge is 0.303 e. The Morgan fingerprint density at radius 3 is 2.03 bits per heavy atom. The van der Waals surface area contributed by atoms with Crippen molar-refractivity contribution in [2.75, 3.05) is 6.61 Å². The molecule has 1 saturated heterocycles. The Labute approximate surface area is 193 Å². The van der Waals surface area contributed by atoms with Crippen LogP contribution < -0.4 is 10.1 Å². The van der Waals surface area contributed by atoms with Gasteiger partial charge in [-0.05, 0) is 46.9 Å². The number of amides is 1. The van der Waals surface area contributed by atoms with Crippen molar-refractivity contribution in [1.29, 1.82) is 0 Å². The Morgan fingerprint density at radius 1 is 0.935 bits per heavy atom. The van der Waals surface area contributed by atoms with Crippen LogP contribution in [0.15, 0.2) is 24.3 Å². The van der Waals surface area contributed by atoms with Crippen LogP contribution in [0, 0.1) is 3.57 Å². The van der Waals surface area contributed by atoms with Gasteiger partial charge in [-0.3, -0.25) is 19.2 Å². The summed E-state index contributed by atoms with van der Waals surface area (Å²) in [5.41, 5.74) is 0. The predicted molar refractivity (Wildman–Crippen MR) is 114 cm³/mol. The van der Waals surface area contributed by atoms with E-state index >= 15 is 0 Å². The molecule has 1 N–H and O–H groups in total. The van der Waals surface area contributed by atoms with Gasteiger partial charge >= 0.3 is 17.9 Å². The maximum atomic E-state index is 11.9. The van der Waals surface area contributed by atoms with Gasteiger partial charge < -0.3 is 29.0 Å². The highest BCUT2D eigenvalue weighted by molar-refractivity contribution is 14.1. The van der Waals surface area contributed by atoms with Gasteiger partial charge in [0.15, 0.2) is 12.2 Å². The molecule has 170 valence electrons. The molecule has 1 aromatic carbocycles. The Bertz CT molecular complexity index is 813. The van der Waals surface area contributed by atoms with E-state index in [1.54, 1.807) is 12.1 Å². The highest BCUT2D eigenvalue weighted by Gasteiger charge is 2.51. The lowest BCUT2D eigenvalue weighted by Gasteiger charge is -2.44. The Balaban J connectivity index is 2.43. The zero-order valence-electron chi connectivity index (χ0n) is 17.5. The molecule has 10 nitrogen and oxygen atoms in total. The number of hydrogen-bond donors (Lipinski definition) is 1. The molecule has 2 rings (SSSR count). The average Bonchev–Trinajstić information content (AvgIpc) is 2.65. The molecule has 0 radical (unpaired) electrons. The zero-order valence-corrected chi connectivity index (χ0v) is 19.6. The fourth-order valence-electron chi connectivity index (χ4n) is 3.04. The molecule has 1 aliphatic rings. The lowest BCUT2D eigenvalue weighted by atomic mass is 9.96. The number of halogens is 1. The minimum Gasteiger partial charge on any atom is -0.463 e. The first kappa shape index (κ1) is 24.9. The molecule has 0 aliphatic carbocycles. The van der Waals surface area contributed by atoms with Crippen LogP contribution in [0.3, 0.4) is 0 Å². The molecule has 1 fully saturated rings. The van der Waals surface area contributed by atoms with E-state index in [2.05, 4.69) is 27.9 Å². The molecule has 31 heavy (non-hydrogen) atoms. The fourth-order valence-corrected chi connectivity index (χ4v) is 3.40. The van der Waals surface area contributed by atoms with Gasteiger partial charge in [0.2, 0.25) is 12.2 Å². The van der Waals surface area contributed by atoms with Crippen molar-refractivity contribution < 1.29 is 42.9 Å². The quantitative estimate of drug-likeness (QED) is 0.305. The molecule has 1 amide bonds. The van der Waals surface area contributed by atoms with E-state index in [-0.39, 0.29) is 6.61 Å². The number of hydrogen-bond acceptors (Lipinski definition) is 9. The summed E-state index contributed by atoms with van der Waals surface area (Å²) in [6, 6.07) is 6.02. The lowest BCUT2D eigenvalue weighted by molar-refractivity contribution is -0.257. The zero-order chi connectivity index (χ0) is 23.1. The Kier molecular flexibility index (Phi) is 9.04. The summed E-state index contributed by atoms with van der Waals surface area (Å²) in [6.45, 7) is 4.56. The molecule has 11 heteroatoms. The van der Waals surface area contributed by atoms with Crippen LogP contribution in [0.1, 0.15) is 27.7 Å². The third-order valence-electron chi connectivity index (χ3n) is 4.14. The second-order valence-corrected chi connectivity index (χ2v) is 8.04. The second kappa shape index (κ2) is 11.3. The van der Waals surface area contributed by atoms with Crippen molar-refractivity contribution in [3.05, 3.63) is 27.8 Å². The van der Waals surface area contributed by atoms with E-state index in [0.717, 1.165) is 3.57 Å². The first-order valence-corrected chi connectivity index (χ1v) is 10.5. The van der Waals surface area contributed by atoms with Crippen molar-refractivity contribution in [2.45, 2.75) is 58.3 Å². The van der Waals surface area contributed by atoms with Crippen molar-refractivity contribution in [3.63, 3.8) is 0 Å². The van der Waals surface area contributed by atoms with E-state index in [1.807, 2.05) is 12.1 Å². The summed E-state index contributed by atoms with van der Waals surface area (Å²) in [7, 11) is 0. The van der Waals surface area contributed by atoms with Crippen LogP contribution >= 0.6 is 22.6 Å². The van der Waals surface area contributed by atoms with Crippen LogP contribution in [0.2, 0.25) is 0 Å². The molecule has 5 unspecified atom stereocenters. The van der Waals surface area contributed by atoms with E-state index in [4.69, 9.17) is 23.7 Å². The summed E-state index contributed by atoms with van der Waals surface area (Å²) in [5.74, 6) is -1.93. The highest BCUT2D eigenvalue weighted by atomic mass is 127. The first-order chi connectivity index (χ1) is 14.6. The first-order valence-electron chi connectivity index (χ1n) is 9.39. The second-order valence-electron chi connectivity index (χ2n) is 6.79. The van der Waals surface area contributed by atoms with Gasteiger partial charge in [0.25, 0.3) is 0 Å². The van der Waals surface area contributed by atoms with E-state index in [1.165, 1.54) is 27.7 Å². The van der Waals surface area contributed by atoms with Crippen molar-refractivity contribution >= 4 is 46.4 Å². The largest absolute Gasteiger partial charge is 0.463 e. The van der Waals surface area contributed by atoms with Crippen molar-refractivity contribution in [1.82, 2.24) is 5.32 Å². The van der Waals surface area contributed by atoms with Crippen LogP contribution in [-0.2, 0) is 38.1 Å². The number of benzene rings is 1. The van der Waals surface area contributed by atoms with Crippen LogP contribution in [0.4, 0.5) is 0 Å². The molecule has 0 saturated carbocycles. The molecule has 1 aromatic rings. The van der Waals surface area contributed by atoms with Crippen LogP contribution in [0.25, 0.3) is 0 Å². The summed E-state index contributed by atoms with van der Waals surface area (Å²) in [4.78, 5) is 46.7. The number of ether oxygens (including phenoxy) is 5. The number of esters is 3. The predicted octanol–water partition coefficient (Wildman–Crippen LogP) is 1.33. The maximum Gasteiger partial charge on any atom is 0.303 e. The summed E-state index contributed by atoms with van der Waals surface area (Å²) in [6.07, 6.45) is -4.47. The lowest BCUT2D eigenvalue weighted by Crippen LogP contribution is -2.67. The van der Waals surface area contributed by atoms with Gasteiger partial charge in [-0.15, -0.1) is 0 Å². The molecule has 1 heterocycles. The molecular weight excluding hydrogens is 525 g/mol. The fraction of sp³-hybridized carbons (Fsp3) is 0.500. The molecule has 0 spiro atoms. The standard InChI is InChI=1S/C20H24INO9/c1-10(23)22-17-19(29-13(4)26)18(28-12(3)25)16(9-27-11(2)24)31-20(17)30-15-7-5-14(21)6-8-15/h5-8,16-20H,9H2,1-4H3,(H,22,23). The summed E-state index contributed by atoms with van der Waals surface area (Å²) >= 11 is 2.14. The monoisotopic (exact) mass is 549 g/mol. The topological polar surface area (TPSA) is 126 Å². The van der Waals surface area contributed by atoms with E-state index < -0.39 is 54.5 Å². The summed E-state index contributed by atoms with van der Waals surface area (Å²) in [5, 5.41) is 2.64. The maximum absolute atomic E-state index is 11.9. The molecule has 5 atom stereocenters. The van der Waals surface area contributed by atoms with Gasteiger partial charge in [0.1, 0.15) is 24.5 Å². The molecule has 0 aromatic heterocycles. The Morgan fingerprint density at radius 2 is 1.52 bits per heavy atom. The third kappa shape index (κ3) is 7.65. The van der Waals surface area contributed by atoms with Gasteiger partial charge in [-0.1, -0.05) is 0 Å². The Hall–Kier alpha value is -2.41.